The van der Waals surface area contributed by atoms with Crippen molar-refractivity contribution in [3.63, 3.8) is 0 Å². The normalized spacial score (nSPS) is 11.2. The largest absolute Gasteiger partial charge is 0.478 e. The van der Waals surface area contributed by atoms with Crippen molar-refractivity contribution in [1.29, 1.82) is 0 Å². The van der Waals surface area contributed by atoms with E-state index in [-0.39, 0.29) is 5.70 Å². The molecule has 0 radical (unpaired) electrons. The number of rotatable bonds is 6. The van der Waals surface area contributed by atoms with Gasteiger partial charge in [0.25, 0.3) is 0 Å². The molecule has 0 unspecified atom stereocenters. The summed E-state index contributed by atoms with van der Waals surface area (Å²) in [5.41, 5.74) is 0.605. The van der Waals surface area contributed by atoms with E-state index in [9.17, 15) is 9.59 Å². The van der Waals surface area contributed by atoms with Crippen molar-refractivity contribution in [2.75, 3.05) is 13.6 Å². The molecule has 0 spiro atoms. The van der Waals surface area contributed by atoms with E-state index in [0.29, 0.717) is 19.0 Å². The molecule has 92 valence electrons. The zero-order valence-electron chi connectivity index (χ0n) is 9.25. The number of hydrogen-bond acceptors (Lipinski definition) is 4. The molecule has 1 heterocycles. The van der Waals surface area contributed by atoms with Gasteiger partial charge >= 0.3 is 11.9 Å². The van der Waals surface area contributed by atoms with Gasteiger partial charge in [-0.15, -0.1) is 0 Å². The van der Waals surface area contributed by atoms with Gasteiger partial charge in [-0.1, -0.05) is 0 Å². The monoisotopic (exact) mass is 239 g/mol. The Kier molecular flexibility index (Phi) is 4.27. The molecule has 1 aromatic rings. The summed E-state index contributed by atoms with van der Waals surface area (Å²) in [5, 5.41) is 17.4. The van der Waals surface area contributed by atoms with Crippen molar-refractivity contribution < 1.29 is 19.8 Å². The van der Waals surface area contributed by atoms with E-state index in [1.807, 2.05) is 0 Å². The Morgan fingerprint density at radius 2 is 2.24 bits per heavy atom. The van der Waals surface area contributed by atoms with Crippen LogP contribution in [-0.2, 0) is 16.0 Å². The number of carboxylic acid groups (broad SMARTS) is 2. The fourth-order valence-electron chi connectivity index (χ4n) is 1.28. The average Bonchev–Trinajstić information content (AvgIpc) is 2.74. The van der Waals surface area contributed by atoms with Crippen LogP contribution >= 0.6 is 0 Å². The summed E-state index contributed by atoms with van der Waals surface area (Å²) in [4.78, 5) is 29.4. The third-order valence-electron chi connectivity index (χ3n) is 2.16. The predicted molar refractivity (Wildman–Crippen MR) is 58.3 cm³/mol. The number of nitrogens with one attached hydrogen (secondary N) is 1. The summed E-state index contributed by atoms with van der Waals surface area (Å²) in [6.45, 7) is 0.383. The summed E-state index contributed by atoms with van der Waals surface area (Å²) in [6, 6.07) is 0. The summed E-state index contributed by atoms with van der Waals surface area (Å²) in [5.74, 6) is -2.55. The molecule has 0 aliphatic carbocycles. The second-order valence-electron chi connectivity index (χ2n) is 3.42. The van der Waals surface area contributed by atoms with Crippen LogP contribution in [0.2, 0.25) is 0 Å². The van der Waals surface area contributed by atoms with E-state index in [4.69, 9.17) is 10.2 Å². The van der Waals surface area contributed by atoms with Crippen molar-refractivity contribution in [3.05, 3.63) is 30.0 Å². The lowest BCUT2D eigenvalue weighted by Crippen LogP contribution is -2.26. The highest BCUT2D eigenvalue weighted by atomic mass is 16.4. The van der Waals surface area contributed by atoms with Gasteiger partial charge in [-0.2, -0.15) is 0 Å². The molecule has 7 heteroatoms. The molecule has 1 aromatic heterocycles. The Hall–Kier alpha value is -2.31. The van der Waals surface area contributed by atoms with Gasteiger partial charge in [0.15, 0.2) is 0 Å². The van der Waals surface area contributed by atoms with Gasteiger partial charge in [0.1, 0.15) is 5.70 Å². The van der Waals surface area contributed by atoms with Crippen LogP contribution in [-0.4, -0.2) is 50.6 Å². The minimum Gasteiger partial charge on any atom is -0.478 e. The van der Waals surface area contributed by atoms with E-state index in [2.05, 4.69) is 9.97 Å². The first kappa shape index (κ1) is 12.8. The van der Waals surface area contributed by atoms with Crippen molar-refractivity contribution >= 4 is 11.9 Å². The van der Waals surface area contributed by atoms with Crippen LogP contribution in [0, 0.1) is 0 Å². The van der Waals surface area contributed by atoms with E-state index in [0.717, 1.165) is 5.69 Å². The van der Waals surface area contributed by atoms with Crippen molar-refractivity contribution in [1.82, 2.24) is 14.9 Å². The quantitative estimate of drug-likeness (QED) is 0.600. The number of likely N-dealkylation sites (N-methyl/N-ethyl adjacent to an activating group) is 1. The maximum atomic E-state index is 10.8. The van der Waals surface area contributed by atoms with Crippen LogP contribution in [0.4, 0.5) is 0 Å². The van der Waals surface area contributed by atoms with Crippen molar-refractivity contribution in [3.8, 4) is 0 Å². The molecular formula is C10H13N3O4. The molecule has 0 atom stereocenters. The van der Waals surface area contributed by atoms with Crippen LogP contribution in [0.3, 0.4) is 0 Å². The molecule has 0 aromatic carbocycles. The molecule has 0 fully saturated rings. The summed E-state index contributed by atoms with van der Waals surface area (Å²) < 4.78 is 0. The van der Waals surface area contributed by atoms with E-state index < -0.39 is 11.9 Å². The highest BCUT2D eigenvalue weighted by Crippen LogP contribution is 2.04. The number of H-pyrrole nitrogens is 1. The number of carboxylic acids is 2. The van der Waals surface area contributed by atoms with Gasteiger partial charge in [0.2, 0.25) is 0 Å². The number of aliphatic carboxylic acids is 2. The second kappa shape index (κ2) is 5.69. The van der Waals surface area contributed by atoms with Gasteiger partial charge in [-0.05, 0) is 0 Å². The molecule has 0 saturated carbocycles. The number of carbonyl (C=O) groups is 2. The zero-order valence-corrected chi connectivity index (χ0v) is 9.25. The highest BCUT2D eigenvalue weighted by Gasteiger charge is 2.14. The fourth-order valence-corrected chi connectivity index (χ4v) is 1.28. The van der Waals surface area contributed by atoms with E-state index in [1.54, 1.807) is 6.20 Å². The van der Waals surface area contributed by atoms with Crippen LogP contribution < -0.4 is 0 Å². The lowest BCUT2D eigenvalue weighted by Gasteiger charge is -2.18. The van der Waals surface area contributed by atoms with Gasteiger partial charge in [0.05, 0.1) is 12.4 Å². The molecular weight excluding hydrogens is 226 g/mol. The smallest absolute Gasteiger partial charge is 0.352 e. The summed E-state index contributed by atoms with van der Waals surface area (Å²) >= 11 is 0. The van der Waals surface area contributed by atoms with Crippen LogP contribution in [0.1, 0.15) is 5.69 Å². The molecule has 0 amide bonds. The van der Waals surface area contributed by atoms with Gasteiger partial charge < -0.3 is 20.1 Å². The van der Waals surface area contributed by atoms with Gasteiger partial charge in [0, 0.05) is 31.9 Å². The molecule has 3 N–H and O–H groups in total. The SMILES string of the molecule is CN(CCc1cnc[nH]1)/C(=C\C(=O)O)C(=O)O. The maximum absolute atomic E-state index is 10.8. The summed E-state index contributed by atoms with van der Waals surface area (Å²) in [6.07, 6.45) is 4.39. The molecule has 0 saturated heterocycles. The van der Waals surface area contributed by atoms with Gasteiger partial charge in [-0.3, -0.25) is 0 Å². The standard InChI is InChI=1S/C10H13N3O4/c1-13(3-2-7-5-11-6-12-7)8(10(16)17)4-9(14)15/h4-6H,2-3H2,1H3,(H,11,12)(H,14,15)(H,16,17)/b8-4-. The molecule has 1 rings (SSSR count). The second-order valence-corrected chi connectivity index (χ2v) is 3.42. The minimum atomic E-state index is -1.28. The average molecular weight is 239 g/mol. The Balaban J connectivity index is 2.63. The Morgan fingerprint density at radius 3 is 2.71 bits per heavy atom. The lowest BCUT2D eigenvalue weighted by atomic mass is 10.3. The number of aromatic amines is 1. The van der Waals surface area contributed by atoms with Crippen LogP contribution in [0.5, 0.6) is 0 Å². The lowest BCUT2D eigenvalue weighted by molar-refractivity contribution is -0.136. The molecule has 0 aliphatic rings. The molecule has 0 aliphatic heterocycles. The minimum absolute atomic E-state index is 0.253. The first-order chi connectivity index (χ1) is 8.00. The van der Waals surface area contributed by atoms with Crippen LogP contribution in [0.25, 0.3) is 0 Å². The van der Waals surface area contributed by atoms with Crippen molar-refractivity contribution in [2.45, 2.75) is 6.42 Å². The fraction of sp³-hybridized carbons (Fsp3) is 0.300. The topological polar surface area (TPSA) is 107 Å². The third-order valence-corrected chi connectivity index (χ3v) is 2.16. The third kappa shape index (κ3) is 3.98. The number of imidazole rings is 1. The van der Waals surface area contributed by atoms with Crippen molar-refractivity contribution in [2.24, 2.45) is 0 Å². The predicted octanol–water partition coefficient (Wildman–Crippen LogP) is -0.0629. The first-order valence-electron chi connectivity index (χ1n) is 4.87. The van der Waals surface area contributed by atoms with E-state index in [1.165, 1.54) is 18.3 Å². The molecule has 17 heavy (non-hydrogen) atoms. The molecule has 0 bridgehead atoms. The Bertz CT molecular complexity index is 425. The molecule has 7 nitrogen and oxygen atoms in total. The maximum Gasteiger partial charge on any atom is 0.352 e. The van der Waals surface area contributed by atoms with Gasteiger partial charge in [-0.25, -0.2) is 14.6 Å². The summed E-state index contributed by atoms with van der Waals surface area (Å²) in [7, 11) is 1.53. The number of nitrogens with zero attached hydrogens (tertiary/aromatic N) is 2. The Morgan fingerprint density at radius 1 is 1.53 bits per heavy atom. The number of aromatic nitrogens is 2. The number of hydrogen-bond donors (Lipinski definition) is 3. The highest BCUT2D eigenvalue weighted by molar-refractivity contribution is 5.94. The zero-order chi connectivity index (χ0) is 12.8. The van der Waals surface area contributed by atoms with Crippen LogP contribution in [0.15, 0.2) is 24.3 Å². The first-order valence-corrected chi connectivity index (χ1v) is 4.87. The Labute approximate surface area is 97.4 Å². The van der Waals surface area contributed by atoms with E-state index >= 15 is 0 Å².